The van der Waals surface area contributed by atoms with Gasteiger partial charge in [-0.05, 0) is 31.4 Å². The number of rotatable bonds is 5. The van der Waals surface area contributed by atoms with Gasteiger partial charge in [-0.15, -0.1) is 0 Å². The van der Waals surface area contributed by atoms with Gasteiger partial charge in [0, 0.05) is 48.4 Å². The second-order valence-corrected chi connectivity index (χ2v) is 9.05. The summed E-state index contributed by atoms with van der Waals surface area (Å²) in [5, 5.41) is 0.796. The highest BCUT2D eigenvalue weighted by molar-refractivity contribution is 8.00. The van der Waals surface area contributed by atoms with Gasteiger partial charge in [-0.2, -0.15) is 0 Å². The summed E-state index contributed by atoms with van der Waals surface area (Å²) in [5.41, 5.74) is 3.34. The molecule has 1 aliphatic carbocycles. The van der Waals surface area contributed by atoms with E-state index in [1.165, 1.54) is 24.1 Å². The normalized spacial score (nSPS) is 21.1. The van der Waals surface area contributed by atoms with E-state index in [9.17, 15) is 4.79 Å². The van der Waals surface area contributed by atoms with Crippen LogP contribution in [0.3, 0.4) is 0 Å². The van der Waals surface area contributed by atoms with Crippen molar-refractivity contribution in [3.8, 4) is 0 Å². The summed E-state index contributed by atoms with van der Waals surface area (Å²) in [5.74, 6) is 0.142. The zero-order valence-corrected chi connectivity index (χ0v) is 16.6. The van der Waals surface area contributed by atoms with Crippen LogP contribution in [0.4, 0.5) is 5.69 Å². The first-order valence-electron chi connectivity index (χ1n) is 9.18. The fourth-order valence-electron chi connectivity index (χ4n) is 3.75. The minimum atomic E-state index is -0.169. The third kappa shape index (κ3) is 2.88. The molecule has 0 spiro atoms. The Morgan fingerprint density at radius 3 is 2.77 bits per heavy atom. The molecule has 1 saturated carbocycles. The molecule has 0 N–H and O–H groups in total. The Morgan fingerprint density at radius 1 is 1.35 bits per heavy atom. The molecule has 2 aliphatic rings. The molecule has 1 aromatic carbocycles. The average molecular weight is 368 g/mol. The van der Waals surface area contributed by atoms with Gasteiger partial charge >= 0.3 is 0 Å². The van der Waals surface area contributed by atoms with Crippen LogP contribution in [0.25, 0.3) is 0 Å². The van der Waals surface area contributed by atoms with Crippen LogP contribution in [0.1, 0.15) is 45.2 Å². The SMILES string of the molecule is CC(Sc1nccn1C1CC1)C(=O)/C=C1/N(C)c2ccccc2C1(C)C. The number of nitrogens with zero attached hydrogens (tertiary/aromatic N) is 3. The number of carbonyl (C=O) groups excluding carboxylic acids is 1. The van der Waals surface area contributed by atoms with Crippen LogP contribution in [0.2, 0.25) is 0 Å². The van der Waals surface area contributed by atoms with Crippen molar-refractivity contribution in [3.63, 3.8) is 0 Å². The first-order valence-corrected chi connectivity index (χ1v) is 10.1. The highest BCUT2D eigenvalue weighted by Crippen LogP contribution is 2.46. The molecule has 0 saturated heterocycles. The van der Waals surface area contributed by atoms with E-state index in [-0.39, 0.29) is 16.4 Å². The van der Waals surface area contributed by atoms with Crippen molar-refractivity contribution in [3.05, 3.63) is 54.0 Å². The van der Waals surface area contributed by atoms with Crippen molar-refractivity contribution in [1.29, 1.82) is 0 Å². The Labute approximate surface area is 159 Å². The molecule has 2 aromatic rings. The van der Waals surface area contributed by atoms with E-state index in [4.69, 9.17) is 0 Å². The van der Waals surface area contributed by atoms with Gasteiger partial charge in [0.1, 0.15) is 0 Å². The number of ketones is 1. The summed E-state index contributed by atoms with van der Waals surface area (Å²) in [4.78, 5) is 19.5. The molecule has 1 atom stereocenters. The molecule has 0 amide bonds. The van der Waals surface area contributed by atoms with Gasteiger partial charge in [-0.3, -0.25) is 4.79 Å². The number of para-hydroxylation sites is 1. The number of allylic oxidation sites excluding steroid dienone is 2. The molecular weight excluding hydrogens is 342 g/mol. The third-order valence-corrected chi connectivity index (χ3v) is 6.59. The summed E-state index contributed by atoms with van der Waals surface area (Å²) < 4.78 is 2.21. The second-order valence-electron chi connectivity index (χ2n) is 7.74. The van der Waals surface area contributed by atoms with Gasteiger partial charge in [-0.1, -0.05) is 43.8 Å². The highest BCUT2D eigenvalue weighted by Gasteiger charge is 2.39. The van der Waals surface area contributed by atoms with Crippen molar-refractivity contribution in [1.82, 2.24) is 9.55 Å². The molecule has 4 rings (SSSR count). The van der Waals surface area contributed by atoms with Gasteiger partial charge in [0.15, 0.2) is 10.9 Å². The first-order chi connectivity index (χ1) is 12.4. The van der Waals surface area contributed by atoms with E-state index in [0.717, 1.165) is 10.9 Å². The number of fused-ring (bicyclic) bond motifs is 1. The van der Waals surface area contributed by atoms with E-state index < -0.39 is 0 Å². The van der Waals surface area contributed by atoms with E-state index in [2.05, 4.69) is 46.5 Å². The summed E-state index contributed by atoms with van der Waals surface area (Å²) in [6.45, 7) is 6.35. The molecule has 0 radical (unpaired) electrons. The number of hydrogen-bond donors (Lipinski definition) is 0. The quantitative estimate of drug-likeness (QED) is 0.573. The Morgan fingerprint density at radius 2 is 2.08 bits per heavy atom. The second kappa shape index (κ2) is 6.31. The standard InChI is InChI=1S/C21H25N3OS/c1-14(26-20-22-11-12-24(20)15-9-10-15)18(25)13-19-21(2,3)16-7-5-6-8-17(16)23(19)4/h5-8,11-15H,9-10H2,1-4H3/b19-13+. The molecule has 4 nitrogen and oxygen atoms in total. The molecule has 1 fully saturated rings. The van der Waals surface area contributed by atoms with Crippen molar-refractivity contribution < 1.29 is 4.79 Å². The van der Waals surface area contributed by atoms with Gasteiger partial charge in [0.2, 0.25) is 0 Å². The zero-order valence-electron chi connectivity index (χ0n) is 15.8. The maximum atomic E-state index is 12.9. The summed E-state index contributed by atoms with van der Waals surface area (Å²) >= 11 is 1.56. The first kappa shape index (κ1) is 17.4. The summed E-state index contributed by atoms with van der Waals surface area (Å²) in [6, 6.07) is 8.96. The number of likely N-dealkylation sites (N-methyl/N-ethyl adjacent to an activating group) is 1. The van der Waals surface area contributed by atoms with Gasteiger partial charge < -0.3 is 9.47 Å². The fraction of sp³-hybridized carbons (Fsp3) is 0.429. The van der Waals surface area contributed by atoms with Crippen molar-refractivity contribution in [2.75, 3.05) is 11.9 Å². The van der Waals surface area contributed by atoms with Gasteiger partial charge in [-0.25, -0.2) is 4.98 Å². The monoisotopic (exact) mass is 367 g/mol. The molecule has 1 unspecified atom stereocenters. The number of imidazole rings is 1. The Bertz CT molecular complexity index is 879. The van der Waals surface area contributed by atoms with Gasteiger partial charge in [0.05, 0.1) is 5.25 Å². The van der Waals surface area contributed by atoms with Crippen LogP contribution in [-0.2, 0) is 10.2 Å². The van der Waals surface area contributed by atoms with E-state index in [1.807, 2.05) is 38.5 Å². The zero-order chi connectivity index (χ0) is 18.5. The minimum Gasteiger partial charge on any atom is -0.347 e. The third-order valence-electron chi connectivity index (χ3n) is 5.48. The number of anilines is 1. The maximum Gasteiger partial charge on any atom is 0.170 e. The van der Waals surface area contributed by atoms with Crippen LogP contribution < -0.4 is 4.90 Å². The van der Waals surface area contributed by atoms with E-state index >= 15 is 0 Å². The number of benzene rings is 1. The maximum absolute atomic E-state index is 12.9. The van der Waals surface area contributed by atoms with Crippen molar-refractivity contribution >= 4 is 23.2 Å². The lowest BCUT2D eigenvalue weighted by atomic mass is 9.83. The lowest BCUT2D eigenvalue weighted by molar-refractivity contribution is -0.114. The topological polar surface area (TPSA) is 38.1 Å². The number of thioether (sulfide) groups is 1. The highest BCUT2D eigenvalue weighted by atomic mass is 32.2. The van der Waals surface area contributed by atoms with Crippen LogP contribution >= 0.6 is 11.8 Å². The smallest absolute Gasteiger partial charge is 0.170 e. The van der Waals surface area contributed by atoms with E-state index in [0.29, 0.717) is 6.04 Å². The average Bonchev–Trinajstić information content (AvgIpc) is 3.33. The van der Waals surface area contributed by atoms with Crippen molar-refractivity contribution in [2.45, 2.75) is 55.5 Å². The predicted molar refractivity (Wildman–Crippen MR) is 107 cm³/mol. The molecule has 136 valence electrons. The molecule has 1 aliphatic heterocycles. The number of hydrogen-bond acceptors (Lipinski definition) is 4. The Balaban J connectivity index is 1.56. The number of aromatic nitrogens is 2. The molecule has 26 heavy (non-hydrogen) atoms. The fourth-order valence-corrected chi connectivity index (χ4v) is 4.70. The molecular formula is C21H25N3OS. The molecule has 1 aromatic heterocycles. The number of carbonyl (C=O) groups is 1. The van der Waals surface area contributed by atoms with E-state index in [1.54, 1.807) is 11.8 Å². The van der Waals surface area contributed by atoms with Crippen LogP contribution in [0.5, 0.6) is 0 Å². The largest absolute Gasteiger partial charge is 0.347 e. The van der Waals surface area contributed by atoms with Crippen LogP contribution in [0, 0.1) is 0 Å². The lowest BCUT2D eigenvalue weighted by Gasteiger charge is -2.24. The Hall–Kier alpha value is -2.01. The van der Waals surface area contributed by atoms with Crippen LogP contribution in [-0.4, -0.2) is 27.6 Å². The summed E-state index contributed by atoms with van der Waals surface area (Å²) in [6.07, 6.45) is 8.13. The van der Waals surface area contributed by atoms with Gasteiger partial charge in [0.25, 0.3) is 0 Å². The Kier molecular flexibility index (Phi) is 4.22. The molecule has 2 heterocycles. The molecule has 0 bridgehead atoms. The lowest BCUT2D eigenvalue weighted by Crippen LogP contribution is -2.25. The van der Waals surface area contributed by atoms with Crippen LogP contribution in [0.15, 0.2) is 53.6 Å². The minimum absolute atomic E-state index is 0.142. The predicted octanol–water partition coefficient (Wildman–Crippen LogP) is 4.58. The van der Waals surface area contributed by atoms with Crippen molar-refractivity contribution in [2.24, 2.45) is 0 Å². The summed E-state index contributed by atoms with van der Waals surface area (Å²) in [7, 11) is 2.05. The molecule has 5 heteroatoms.